The van der Waals surface area contributed by atoms with Crippen molar-refractivity contribution in [2.45, 2.75) is 13.8 Å². The van der Waals surface area contributed by atoms with Crippen LogP contribution >= 0.6 is 11.6 Å². The van der Waals surface area contributed by atoms with Gasteiger partial charge in [-0.1, -0.05) is 17.7 Å². The highest BCUT2D eigenvalue weighted by molar-refractivity contribution is 6.31. The van der Waals surface area contributed by atoms with Gasteiger partial charge in [0.2, 0.25) is 0 Å². The first-order valence-electron chi connectivity index (χ1n) is 6.26. The van der Waals surface area contributed by atoms with Crippen LogP contribution in [-0.4, -0.2) is 22.5 Å². The number of carbonyl (C=O) groups excluding carboxylic acids is 1. The van der Waals surface area contributed by atoms with E-state index in [9.17, 15) is 9.90 Å². The van der Waals surface area contributed by atoms with Crippen LogP contribution in [0.5, 0.6) is 5.75 Å². The number of anilines is 1. The van der Waals surface area contributed by atoms with Gasteiger partial charge in [0, 0.05) is 23.8 Å². The molecule has 0 saturated heterocycles. The van der Waals surface area contributed by atoms with Crippen molar-refractivity contribution in [2.75, 3.05) is 11.4 Å². The van der Waals surface area contributed by atoms with Crippen molar-refractivity contribution < 1.29 is 9.90 Å². The van der Waals surface area contributed by atoms with Crippen molar-refractivity contribution in [3.63, 3.8) is 0 Å². The van der Waals surface area contributed by atoms with Gasteiger partial charge in [-0.2, -0.15) is 0 Å². The van der Waals surface area contributed by atoms with E-state index in [1.807, 2.05) is 13.8 Å². The molecule has 0 aliphatic rings. The summed E-state index contributed by atoms with van der Waals surface area (Å²) in [6.07, 6.45) is 1.50. The summed E-state index contributed by atoms with van der Waals surface area (Å²) in [7, 11) is 0. The molecule has 1 N–H and O–H groups in total. The van der Waals surface area contributed by atoms with E-state index in [-0.39, 0.29) is 17.4 Å². The Morgan fingerprint density at radius 3 is 2.75 bits per heavy atom. The summed E-state index contributed by atoms with van der Waals surface area (Å²) in [4.78, 5) is 18.1. The zero-order valence-electron chi connectivity index (χ0n) is 11.3. The molecule has 5 heteroatoms. The normalized spacial score (nSPS) is 10.3. The van der Waals surface area contributed by atoms with Crippen molar-refractivity contribution >= 4 is 23.2 Å². The zero-order chi connectivity index (χ0) is 14.7. The summed E-state index contributed by atoms with van der Waals surface area (Å²) in [6, 6.07) is 8.08. The van der Waals surface area contributed by atoms with Gasteiger partial charge in [-0.3, -0.25) is 9.78 Å². The van der Waals surface area contributed by atoms with Crippen LogP contribution in [-0.2, 0) is 0 Å². The molecule has 1 aromatic carbocycles. The zero-order valence-corrected chi connectivity index (χ0v) is 12.1. The average Bonchev–Trinajstić information content (AvgIpc) is 2.43. The molecular formula is C15H15ClN2O2. The minimum absolute atomic E-state index is 0.121. The summed E-state index contributed by atoms with van der Waals surface area (Å²) in [6.45, 7) is 4.22. The Balaban J connectivity index is 2.42. The fourth-order valence-corrected chi connectivity index (χ4v) is 2.13. The number of carbonyl (C=O) groups is 1. The molecule has 0 aliphatic heterocycles. The van der Waals surface area contributed by atoms with E-state index in [0.717, 1.165) is 5.56 Å². The largest absolute Gasteiger partial charge is 0.508 e. The summed E-state index contributed by atoms with van der Waals surface area (Å²) in [5, 5.41) is 10.1. The summed E-state index contributed by atoms with van der Waals surface area (Å²) in [5.41, 5.74) is 1.85. The molecule has 0 atom stereocenters. The van der Waals surface area contributed by atoms with E-state index in [1.54, 1.807) is 29.2 Å². The number of aryl methyl sites for hydroxylation is 1. The van der Waals surface area contributed by atoms with Crippen LogP contribution in [0.3, 0.4) is 0 Å². The minimum Gasteiger partial charge on any atom is -0.508 e. The third-order valence-corrected chi connectivity index (χ3v) is 3.22. The predicted octanol–water partition coefficient (Wildman–Crippen LogP) is 3.42. The number of rotatable bonds is 3. The van der Waals surface area contributed by atoms with Crippen molar-refractivity contribution in [3.05, 3.63) is 52.8 Å². The molecule has 1 aromatic heterocycles. The maximum Gasteiger partial charge on any atom is 0.276 e. The Kier molecular flexibility index (Phi) is 4.25. The highest BCUT2D eigenvalue weighted by Gasteiger charge is 2.19. The van der Waals surface area contributed by atoms with Gasteiger partial charge in [-0.05, 0) is 37.6 Å². The first-order valence-corrected chi connectivity index (χ1v) is 6.63. The summed E-state index contributed by atoms with van der Waals surface area (Å²) in [5.74, 6) is -0.125. The Bertz CT molecular complexity index is 644. The number of aromatic nitrogens is 1. The van der Waals surface area contributed by atoms with Crippen LogP contribution in [0.15, 0.2) is 36.5 Å². The van der Waals surface area contributed by atoms with Gasteiger partial charge in [0.1, 0.15) is 11.4 Å². The van der Waals surface area contributed by atoms with Crippen LogP contribution in [0.1, 0.15) is 23.0 Å². The van der Waals surface area contributed by atoms with Gasteiger partial charge in [-0.15, -0.1) is 0 Å². The van der Waals surface area contributed by atoms with Crippen molar-refractivity contribution in [1.29, 1.82) is 0 Å². The number of benzene rings is 1. The van der Waals surface area contributed by atoms with Gasteiger partial charge >= 0.3 is 0 Å². The fraction of sp³-hybridized carbons (Fsp3) is 0.200. The van der Waals surface area contributed by atoms with Gasteiger partial charge < -0.3 is 10.0 Å². The predicted molar refractivity (Wildman–Crippen MR) is 79.4 cm³/mol. The van der Waals surface area contributed by atoms with E-state index >= 15 is 0 Å². The molecule has 0 radical (unpaired) electrons. The lowest BCUT2D eigenvalue weighted by molar-refractivity contribution is 0.0983. The lowest BCUT2D eigenvalue weighted by Gasteiger charge is -2.22. The van der Waals surface area contributed by atoms with Gasteiger partial charge in [0.25, 0.3) is 5.91 Å². The van der Waals surface area contributed by atoms with Crippen molar-refractivity contribution in [1.82, 2.24) is 4.98 Å². The molecule has 0 spiro atoms. The van der Waals surface area contributed by atoms with E-state index < -0.39 is 0 Å². The smallest absolute Gasteiger partial charge is 0.276 e. The summed E-state index contributed by atoms with van der Waals surface area (Å²) >= 11 is 5.89. The van der Waals surface area contributed by atoms with Crippen molar-refractivity contribution in [2.24, 2.45) is 0 Å². The van der Waals surface area contributed by atoms with Crippen molar-refractivity contribution in [3.8, 4) is 5.75 Å². The average molecular weight is 291 g/mol. The monoisotopic (exact) mass is 290 g/mol. The molecule has 20 heavy (non-hydrogen) atoms. The molecular weight excluding hydrogens is 276 g/mol. The van der Waals surface area contributed by atoms with Gasteiger partial charge in [-0.25, -0.2) is 0 Å². The Hall–Kier alpha value is -2.07. The number of aromatic hydroxyl groups is 1. The van der Waals surface area contributed by atoms with Crippen LogP contribution in [0, 0.1) is 6.92 Å². The second-order valence-electron chi connectivity index (χ2n) is 4.38. The first-order chi connectivity index (χ1) is 9.52. The SMILES string of the molecule is CCN(C(=O)c1cc(Cl)ccn1)c1cc(O)ccc1C. The Morgan fingerprint density at radius 2 is 2.10 bits per heavy atom. The second-order valence-corrected chi connectivity index (χ2v) is 4.82. The molecule has 0 saturated carbocycles. The summed E-state index contributed by atoms with van der Waals surface area (Å²) < 4.78 is 0. The highest BCUT2D eigenvalue weighted by Crippen LogP contribution is 2.26. The second kappa shape index (κ2) is 5.92. The third kappa shape index (κ3) is 2.91. The van der Waals surface area contributed by atoms with E-state index in [1.165, 1.54) is 12.3 Å². The van der Waals surface area contributed by atoms with Crippen LogP contribution < -0.4 is 4.90 Å². The first kappa shape index (κ1) is 14.3. The quantitative estimate of drug-likeness (QED) is 0.942. The number of hydrogen-bond donors (Lipinski definition) is 1. The maximum atomic E-state index is 12.5. The molecule has 0 unspecified atom stereocenters. The molecule has 0 bridgehead atoms. The minimum atomic E-state index is -0.247. The van der Waals surface area contributed by atoms with E-state index in [2.05, 4.69) is 4.98 Å². The van der Waals surface area contributed by atoms with Crippen LogP contribution in [0.2, 0.25) is 5.02 Å². The number of pyridine rings is 1. The molecule has 1 heterocycles. The number of phenolic OH excluding ortho intramolecular Hbond substituents is 1. The third-order valence-electron chi connectivity index (χ3n) is 2.99. The standard InChI is InChI=1S/C15H15ClN2O2/c1-3-18(14-9-12(19)5-4-10(14)2)15(20)13-8-11(16)6-7-17-13/h4-9,19H,3H2,1-2H3. The maximum absolute atomic E-state index is 12.5. The fourth-order valence-electron chi connectivity index (χ4n) is 1.97. The molecule has 2 aromatic rings. The Morgan fingerprint density at radius 1 is 1.35 bits per heavy atom. The lowest BCUT2D eigenvalue weighted by Crippen LogP contribution is -2.31. The Labute approximate surface area is 122 Å². The molecule has 0 fully saturated rings. The van der Waals surface area contributed by atoms with Crippen LogP contribution in [0.25, 0.3) is 0 Å². The molecule has 0 aliphatic carbocycles. The van der Waals surface area contributed by atoms with E-state index in [0.29, 0.717) is 17.3 Å². The molecule has 1 amide bonds. The van der Waals surface area contributed by atoms with Gasteiger partial charge in [0.15, 0.2) is 0 Å². The van der Waals surface area contributed by atoms with Gasteiger partial charge in [0.05, 0.1) is 5.69 Å². The number of nitrogens with zero attached hydrogens (tertiary/aromatic N) is 2. The molecule has 2 rings (SSSR count). The number of hydrogen-bond acceptors (Lipinski definition) is 3. The number of phenols is 1. The highest BCUT2D eigenvalue weighted by atomic mass is 35.5. The number of halogens is 1. The topological polar surface area (TPSA) is 53.4 Å². The molecule has 4 nitrogen and oxygen atoms in total. The number of amides is 1. The molecule has 104 valence electrons. The lowest BCUT2D eigenvalue weighted by atomic mass is 10.1. The van der Waals surface area contributed by atoms with E-state index in [4.69, 9.17) is 11.6 Å². The van der Waals surface area contributed by atoms with Crippen LogP contribution in [0.4, 0.5) is 5.69 Å².